The summed E-state index contributed by atoms with van der Waals surface area (Å²) in [7, 11) is 2.10. The van der Waals surface area contributed by atoms with E-state index in [0.29, 0.717) is 0 Å². The van der Waals surface area contributed by atoms with E-state index < -0.39 is 0 Å². The van der Waals surface area contributed by atoms with Crippen LogP contribution in [0.2, 0.25) is 0 Å². The van der Waals surface area contributed by atoms with Gasteiger partial charge in [-0.15, -0.1) is 0 Å². The van der Waals surface area contributed by atoms with Gasteiger partial charge in [0, 0.05) is 18.6 Å². The molecule has 1 saturated heterocycles. The lowest BCUT2D eigenvalue weighted by Crippen LogP contribution is -2.52. The first kappa shape index (κ1) is 15.1. The maximum Gasteiger partial charge on any atom is 0.0223 e. The van der Waals surface area contributed by atoms with Crippen molar-refractivity contribution in [3.63, 3.8) is 0 Å². The van der Waals surface area contributed by atoms with Gasteiger partial charge >= 0.3 is 0 Å². The van der Waals surface area contributed by atoms with Crippen molar-refractivity contribution in [2.24, 2.45) is 0 Å². The van der Waals surface area contributed by atoms with Crippen LogP contribution in [0.1, 0.15) is 56.4 Å². The average Bonchev–Trinajstić information content (AvgIpc) is 2.57. The minimum absolute atomic E-state index is 0.748. The van der Waals surface area contributed by atoms with Crippen molar-refractivity contribution in [3.8, 4) is 0 Å². The third-order valence-electron chi connectivity index (χ3n) is 5.50. The third kappa shape index (κ3) is 3.49. The molecule has 2 aliphatic rings. The molecule has 0 radical (unpaired) electrons. The molecule has 1 aromatic carbocycles. The zero-order valence-corrected chi connectivity index (χ0v) is 13.4. The summed E-state index contributed by atoms with van der Waals surface area (Å²) in [6.07, 6.45) is 9.75. The van der Waals surface area contributed by atoms with Gasteiger partial charge in [0.15, 0.2) is 0 Å². The van der Waals surface area contributed by atoms with Gasteiger partial charge in [0.2, 0.25) is 0 Å². The van der Waals surface area contributed by atoms with Gasteiger partial charge in [-0.1, -0.05) is 49.6 Å². The molecule has 2 nitrogen and oxygen atoms in total. The molecule has 2 heteroatoms. The summed E-state index contributed by atoms with van der Waals surface area (Å²) in [5, 5.41) is 3.42. The highest BCUT2D eigenvalue weighted by molar-refractivity contribution is 5.22. The quantitative estimate of drug-likeness (QED) is 0.906. The zero-order valence-electron chi connectivity index (χ0n) is 13.4. The van der Waals surface area contributed by atoms with Crippen LogP contribution in [0.3, 0.4) is 0 Å². The molecule has 2 fully saturated rings. The van der Waals surface area contributed by atoms with E-state index in [9.17, 15) is 0 Å². The fourth-order valence-corrected chi connectivity index (χ4v) is 4.51. The monoisotopic (exact) mass is 286 g/mol. The number of nitrogens with one attached hydrogen (secondary N) is 1. The van der Waals surface area contributed by atoms with Gasteiger partial charge in [-0.2, -0.15) is 0 Å². The fraction of sp³-hybridized carbons (Fsp3) is 0.684. The van der Waals surface area contributed by atoms with Crippen LogP contribution in [0.4, 0.5) is 0 Å². The SMILES string of the molecule is CNCC1CCCCN1C1CCCCC1c1ccccc1. The van der Waals surface area contributed by atoms with Crippen LogP contribution in [0, 0.1) is 0 Å². The Kier molecular flexibility index (Phi) is 5.32. The molecular weight excluding hydrogens is 256 g/mol. The molecule has 1 aromatic rings. The van der Waals surface area contributed by atoms with Crippen LogP contribution in [0.25, 0.3) is 0 Å². The molecule has 1 N–H and O–H groups in total. The Morgan fingerprint density at radius 2 is 1.76 bits per heavy atom. The standard InChI is InChI=1S/C19H30N2/c1-20-15-17-11-7-8-14-21(17)19-13-6-5-12-18(19)16-9-3-2-4-10-16/h2-4,9-10,17-20H,5-8,11-15H2,1H3. The minimum atomic E-state index is 0.748. The summed E-state index contributed by atoms with van der Waals surface area (Å²) in [5.74, 6) is 0.748. The summed E-state index contributed by atoms with van der Waals surface area (Å²) in [6, 6.07) is 12.8. The normalized spacial score (nSPS) is 31.2. The topological polar surface area (TPSA) is 15.3 Å². The molecule has 0 amide bonds. The van der Waals surface area contributed by atoms with Crippen molar-refractivity contribution in [2.75, 3.05) is 20.1 Å². The van der Waals surface area contributed by atoms with Gasteiger partial charge in [0.05, 0.1) is 0 Å². The smallest absolute Gasteiger partial charge is 0.0223 e. The summed E-state index contributed by atoms with van der Waals surface area (Å²) in [4.78, 5) is 2.86. The molecule has 1 aliphatic carbocycles. The van der Waals surface area contributed by atoms with E-state index >= 15 is 0 Å². The summed E-state index contributed by atoms with van der Waals surface area (Å²) >= 11 is 0. The fourth-order valence-electron chi connectivity index (χ4n) is 4.51. The number of rotatable bonds is 4. The second-order valence-electron chi connectivity index (χ2n) is 6.81. The predicted molar refractivity (Wildman–Crippen MR) is 89.7 cm³/mol. The minimum Gasteiger partial charge on any atom is -0.318 e. The van der Waals surface area contributed by atoms with E-state index in [2.05, 4.69) is 47.6 Å². The van der Waals surface area contributed by atoms with E-state index in [-0.39, 0.29) is 0 Å². The largest absolute Gasteiger partial charge is 0.318 e. The highest BCUT2D eigenvalue weighted by atomic mass is 15.2. The predicted octanol–water partition coefficient (Wildman–Crippen LogP) is 3.79. The Morgan fingerprint density at radius 3 is 2.57 bits per heavy atom. The number of piperidine rings is 1. The van der Waals surface area contributed by atoms with E-state index in [1.54, 1.807) is 5.56 Å². The lowest BCUT2D eigenvalue weighted by molar-refractivity contribution is 0.0603. The molecular formula is C19H30N2. The molecule has 1 aliphatic heterocycles. The Morgan fingerprint density at radius 1 is 1.00 bits per heavy atom. The number of benzene rings is 1. The lowest BCUT2D eigenvalue weighted by Gasteiger charge is -2.46. The molecule has 0 aromatic heterocycles. The number of hydrogen-bond acceptors (Lipinski definition) is 2. The first-order chi connectivity index (χ1) is 10.4. The lowest BCUT2D eigenvalue weighted by atomic mass is 9.78. The maximum absolute atomic E-state index is 3.42. The molecule has 3 atom stereocenters. The van der Waals surface area contributed by atoms with Crippen molar-refractivity contribution in [1.29, 1.82) is 0 Å². The van der Waals surface area contributed by atoms with Crippen molar-refractivity contribution >= 4 is 0 Å². The number of nitrogens with zero attached hydrogens (tertiary/aromatic N) is 1. The van der Waals surface area contributed by atoms with Gasteiger partial charge < -0.3 is 5.32 Å². The molecule has 1 heterocycles. The van der Waals surface area contributed by atoms with Crippen LogP contribution in [0.15, 0.2) is 30.3 Å². The number of hydrogen-bond donors (Lipinski definition) is 1. The second kappa shape index (κ2) is 7.42. The van der Waals surface area contributed by atoms with Crippen molar-refractivity contribution < 1.29 is 0 Å². The molecule has 3 rings (SSSR count). The second-order valence-corrected chi connectivity index (χ2v) is 6.81. The number of likely N-dealkylation sites (N-methyl/N-ethyl adjacent to an activating group) is 1. The third-order valence-corrected chi connectivity index (χ3v) is 5.50. The van der Waals surface area contributed by atoms with Crippen molar-refractivity contribution in [1.82, 2.24) is 10.2 Å². The van der Waals surface area contributed by atoms with Crippen LogP contribution < -0.4 is 5.32 Å². The van der Waals surface area contributed by atoms with E-state index in [4.69, 9.17) is 0 Å². The van der Waals surface area contributed by atoms with E-state index in [0.717, 1.165) is 24.5 Å². The molecule has 3 unspecified atom stereocenters. The molecule has 116 valence electrons. The van der Waals surface area contributed by atoms with Crippen LogP contribution in [-0.2, 0) is 0 Å². The van der Waals surface area contributed by atoms with Crippen molar-refractivity contribution in [3.05, 3.63) is 35.9 Å². The molecule has 0 spiro atoms. The Hall–Kier alpha value is -0.860. The first-order valence-corrected chi connectivity index (χ1v) is 8.85. The van der Waals surface area contributed by atoms with E-state index in [1.165, 1.54) is 51.5 Å². The van der Waals surface area contributed by atoms with Crippen LogP contribution in [-0.4, -0.2) is 37.1 Å². The Bertz CT molecular complexity index is 415. The van der Waals surface area contributed by atoms with Crippen molar-refractivity contribution in [2.45, 2.75) is 62.9 Å². The molecule has 21 heavy (non-hydrogen) atoms. The number of likely N-dealkylation sites (tertiary alicyclic amines) is 1. The highest BCUT2D eigenvalue weighted by Gasteiger charge is 2.35. The summed E-state index contributed by atoms with van der Waals surface area (Å²) < 4.78 is 0. The zero-order chi connectivity index (χ0) is 14.5. The molecule has 0 bridgehead atoms. The highest BCUT2D eigenvalue weighted by Crippen LogP contribution is 2.38. The Labute approximate surface area is 129 Å². The van der Waals surface area contributed by atoms with Gasteiger partial charge in [0.1, 0.15) is 0 Å². The Balaban J connectivity index is 1.79. The summed E-state index contributed by atoms with van der Waals surface area (Å²) in [5.41, 5.74) is 1.57. The average molecular weight is 286 g/mol. The van der Waals surface area contributed by atoms with E-state index in [1.807, 2.05) is 0 Å². The first-order valence-electron chi connectivity index (χ1n) is 8.85. The van der Waals surface area contributed by atoms with Crippen LogP contribution in [0.5, 0.6) is 0 Å². The maximum atomic E-state index is 3.42. The van der Waals surface area contributed by atoms with Gasteiger partial charge in [-0.25, -0.2) is 0 Å². The van der Waals surface area contributed by atoms with Gasteiger partial charge in [-0.3, -0.25) is 4.90 Å². The van der Waals surface area contributed by atoms with Crippen LogP contribution >= 0.6 is 0 Å². The van der Waals surface area contributed by atoms with Gasteiger partial charge in [0.25, 0.3) is 0 Å². The summed E-state index contributed by atoms with van der Waals surface area (Å²) in [6.45, 7) is 2.46. The van der Waals surface area contributed by atoms with Gasteiger partial charge in [-0.05, 0) is 50.8 Å². The molecule has 1 saturated carbocycles.